The maximum atomic E-state index is 2.51. The van der Waals surface area contributed by atoms with Crippen molar-refractivity contribution < 1.29 is 0 Å². The van der Waals surface area contributed by atoms with Crippen molar-refractivity contribution in [3.05, 3.63) is 212 Å². The van der Waals surface area contributed by atoms with Gasteiger partial charge >= 0.3 is 0 Å². The Labute approximate surface area is 344 Å². The van der Waals surface area contributed by atoms with Crippen LogP contribution in [0.25, 0.3) is 93.5 Å². The minimum Gasteiger partial charge on any atom is -0.335 e. The van der Waals surface area contributed by atoms with Crippen molar-refractivity contribution in [2.45, 2.75) is 20.4 Å². The Kier molecular flexibility index (Phi) is 8.41. The maximum absolute atomic E-state index is 2.51. The van der Waals surface area contributed by atoms with Crippen LogP contribution in [0.5, 0.6) is 0 Å². The summed E-state index contributed by atoms with van der Waals surface area (Å²) in [6.45, 7) is 5.24. The SMILES string of the molecule is CC(C)/C=C(\C=C/Cn1c2ccccc2c2cccc(-n3c4ccccc4c4cc(-n5c6ccccc6c6ccccc65)ccc43)c21)c1ccc(-c2ccccc2)cc1. The molecule has 0 atom stereocenters. The van der Waals surface area contributed by atoms with Crippen LogP contribution < -0.4 is 0 Å². The van der Waals surface area contributed by atoms with Gasteiger partial charge in [0.25, 0.3) is 0 Å². The van der Waals surface area contributed by atoms with Crippen molar-refractivity contribution in [3.8, 4) is 22.5 Å². The van der Waals surface area contributed by atoms with Gasteiger partial charge in [0.05, 0.1) is 33.3 Å². The van der Waals surface area contributed by atoms with Crippen LogP contribution in [0.3, 0.4) is 0 Å². The lowest BCUT2D eigenvalue weighted by atomic mass is 9.98. The molecule has 11 aromatic rings. The summed E-state index contributed by atoms with van der Waals surface area (Å²) >= 11 is 0. The molecule has 0 aliphatic rings. The fourth-order valence-electron chi connectivity index (χ4n) is 9.40. The molecule has 0 saturated heterocycles. The van der Waals surface area contributed by atoms with E-state index in [4.69, 9.17) is 0 Å². The van der Waals surface area contributed by atoms with Gasteiger partial charge in [0.1, 0.15) is 0 Å². The van der Waals surface area contributed by atoms with Crippen molar-refractivity contribution in [3.63, 3.8) is 0 Å². The monoisotopic (exact) mass is 757 g/mol. The van der Waals surface area contributed by atoms with E-state index in [1.807, 2.05) is 0 Å². The molecule has 0 unspecified atom stereocenters. The summed E-state index contributed by atoms with van der Waals surface area (Å²) in [6, 6.07) is 68.6. The van der Waals surface area contributed by atoms with Gasteiger partial charge in [0.15, 0.2) is 0 Å². The average Bonchev–Trinajstić information content (AvgIpc) is 3.92. The summed E-state index contributed by atoms with van der Waals surface area (Å²) in [6.07, 6.45) is 7.03. The third-order valence-electron chi connectivity index (χ3n) is 11.9. The standard InChI is InChI=1S/C56H43N3/c1-38(2)36-42(41-31-29-40(30-32-41)39-16-4-3-5-17-39)18-15-35-57-50-24-10-6-21-46(50)48-23-14-28-55(56(48)57)59-53-27-13-9-22-47(53)49-37-43(33-34-54(49)59)58-51-25-11-7-19-44(51)45-20-8-12-26-52(45)58/h3-34,36-38H,35H2,1-2H3/b18-15-,42-36+. The number of nitrogens with zero attached hydrogens (tertiary/aromatic N) is 3. The molecule has 59 heavy (non-hydrogen) atoms. The highest BCUT2D eigenvalue weighted by atomic mass is 15.0. The molecule has 11 rings (SSSR count). The Morgan fingerprint density at radius 2 is 0.983 bits per heavy atom. The summed E-state index contributed by atoms with van der Waals surface area (Å²) in [5.41, 5.74) is 14.6. The smallest absolute Gasteiger partial charge is 0.0739 e. The molecule has 0 aliphatic heterocycles. The molecule has 3 heteroatoms. The molecular weight excluding hydrogens is 715 g/mol. The summed E-state index contributed by atoms with van der Waals surface area (Å²) in [4.78, 5) is 0. The van der Waals surface area contributed by atoms with Crippen LogP contribution in [-0.2, 0) is 6.54 Å². The second-order valence-corrected chi connectivity index (χ2v) is 15.9. The highest BCUT2D eigenvalue weighted by Crippen LogP contribution is 2.40. The lowest BCUT2D eigenvalue weighted by molar-refractivity contribution is 0.834. The highest BCUT2D eigenvalue weighted by Gasteiger charge is 2.20. The predicted molar refractivity (Wildman–Crippen MR) is 252 cm³/mol. The Hall–Kier alpha value is -7.36. The number of rotatable bonds is 8. The van der Waals surface area contributed by atoms with E-state index in [0.717, 1.165) is 12.2 Å². The summed E-state index contributed by atoms with van der Waals surface area (Å²) in [5.74, 6) is 0.411. The van der Waals surface area contributed by atoms with E-state index in [2.05, 4.69) is 234 Å². The predicted octanol–water partition coefficient (Wildman–Crippen LogP) is 15.0. The fraction of sp³-hybridized carbons (Fsp3) is 0.0714. The first-order valence-electron chi connectivity index (χ1n) is 20.7. The van der Waals surface area contributed by atoms with Gasteiger partial charge in [-0.05, 0) is 76.7 Å². The van der Waals surface area contributed by atoms with E-state index in [0.29, 0.717) is 5.92 Å². The summed E-state index contributed by atoms with van der Waals surface area (Å²) in [5, 5.41) is 7.54. The number of benzene rings is 8. The first-order chi connectivity index (χ1) is 29.1. The lowest BCUT2D eigenvalue weighted by Gasteiger charge is -2.14. The molecule has 0 bridgehead atoms. The van der Waals surface area contributed by atoms with Crippen molar-refractivity contribution in [1.82, 2.24) is 13.7 Å². The average molecular weight is 758 g/mol. The third-order valence-corrected chi connectivity index (χ3v) is 11.9. The molecule has 0 amide bonds. The number of hydrogen-bond donors (Lipinski definition) is 0. The van der Waals surface area contributed by atoms with E-state index in [-0.39, 0.29) is 0 Å². The second kappa shape index (κ2) is 14.2. The van der Waals surface area contributed by atoms with Gasteiger partial charge in [-0.2, -0.15) is 0 Å². The van der Waals surface area contributed by atoms with Gasteiger partial charge in [-0.1, -0.05) is 172 Å². The van der Waals surface area contributed by atoms with Crippen LogP contribution in [0.2, 0.25) is 0 Å². The van der Waals surface area contributed by atoms with Gasteiger partial charge in [-0.25, -0.2) is 0 Å². The quantitative estimate of drug-likeness (QED) is 0.137. The van der Waals surface area contributed by atoms with Crippen LogP contribution in [-0.4, -0.2) is 13.7 Å². The number of allylic oxidation sites excluding steroid dienone is 4. The van der Waals surface area contributed by atoms with Gasteiger partial charge in [0, 0.05) is 50.1 Å². The Morgan fingerprint density at radius 1 is 0.458 bits per heavy atom. The molecule has 3 heterocycles. The second-order valence-electron chi connectivity index (χ2n) is 15.9. The number of hydrogen-bond acceptors (Lipinski definition) is 0. The van der Waals surface area contributed by atoms with Crippen LogP contribution >= 0.6 is 0 Å². The topological polar surface area (TPSA) is 14.8 Å². The molecule has 0 fully saturated rings. The molecule has 0 saturated carbocycles. The van der Waals surface area contributed by atoms with Gasteiger partial charge in [0.2, 0.25) is 0 Å². The maximum Gasteiger partial charge on any atom is 0.0739 e. The Morgan fingerprint density at radius 3 is 1.64 bits per heavy atom. The van der Waals surface area contributed by atoms with E-state index in [1.165, 1.54) is 93.4 Å². The largest absolute Gasteiger partial charge is 0.335 e. The molecule has 3 aromatic heterocycles. The van der Waals surface area contributed by atoms with Gasteiger partial charge < -0.3 is 13.7 Å². The number of fused-ring (bicyclic) bond motifs is 9. The molecule has 0 N–H and O–H groups in total. The molecule has 0 radical (unpaired) electrons. The third kappa shape index (κ3) is 5.81. The van der Waals surface area contributed by atoms with Crippen LogP contribution in [0.4, 0.5) is 0 Å². The summed E-state index contributed by atoms with van der Waals surface area (Å²) in [7, 11) is 0. The molecule has 3 nitrogen and oxygen atoms in total. The minimum atomic E-state index is 0.411. The molecule has 8 aromatic carbocycles. The first-order valence-corrected chi connectivity index (χ1v) is 20.7. The highest BCUT2D eigenvalue weighted by molar-refractivity contribution is 6.15. The molecular formula is C56H43N3. The lowest BCUT2D eigenvalue weighted by Crippen LogP contribution is -2.01. The molecule has 0 aliphatic carbocycles. The zero-order chi connectivity index (χ0) is 39.5. The van der Waals surface area contributed by atoms with Crippen LogP contribution in [0.1, 0.15) is 19.4 Å². The molecule has 0 spiro atoms. The van der Waals surface area contributed by atoms with E-state index < -0.39 is 0 Å². The normalized spacial score (nSPS) is 12.5. The fourth-order valence-corrected chi connectivity index (χ4v) is 9.40. The molecule has 282 valence electrons. The van der Waals surface area contributed by atoms with E-state index >= 15 is 0 Å². The van der Waals surface area contributed by atoms with Crippen molar-refractivity contribution in [2.24, 2.45) is 5.92 Å². The number of aromatic nitrogens is 3. The van der Waals surface area contributed by atoms with Crippen molar-refractivity contribution in [1.29, 1.82) is 0 Å². The zero-order valence-corrected chi connectivity index (χ0v) is 33.3. The zero-order valence-electron chi connectivity index (χ0n) is 33.3. The van der Waals surface area contributed by atoms with Gasteiger partial charge in [-0.15, -0.1) is 0 Å². The minimum absolute atomic E-state index is 0.411. The summed E-state index contributed by atoms with van der Waals surface area (Å²) < 4.78 is 7.41. The van der Waals surface area contributed by atoms with Crippen molar-refractivity contribution in [2.75, 3.05) is 0 Å². The van der Waals surface area contributed by atoms with Crippen molar-refractivity contribution >= 4 is 71.0 Å². The first kappa shape index (κ1) is 34.9. The van der Waals surface area contributed by atoms with E-state index in [9.17, 15) is 0 Å². The van der Waals surface area contributed by atoms with Crippen LogP contribution in [0, 0.1) is 5.92 Å². The Balaban J connectivity index is 1.06. The van der Waals surface area contributed by atoms with E-state index in [1.54, 1.807) is 0 Å². The number of para-hydroxylation sites is 5. The van der Waals surface area contributed by atoms with Crippen LogP contribution in [0.15, 0.2) is 206 Å². The van der Waals surface area contributed by atoms with Gasteiger partial charge in [-0.3, -0.25) is 0 Å². The Bertz CT molecular complexity index is 3370.